The third-order valence-corrected chi connectivity index (χ3v) is 3.69. The van der Waals surface area contributed by atoms with Crippen LogP contribution in [0.1, 0.15) is 25.7 Å². The third-order valence-electron chi connectivity index (χ3n) is 3.69. The Balaban J connectivity index is 2.21. The van der Waals surface area contributed by atoms with Gasteiger partial charge in [0.05, 0.1) is 0 Å². The number of aromatic amines is 1. The zero-order valence-electron chi connectivity index (χ0n) is 10.2. The molecule has 3 N–H and O–H groups in total. The van der Waals surface area contributed by atoms with E-state index in [4.69, 9.17) is 5.73 Å². The van der Waals surface area contributed by atoms with Crippen LogP contribution in [0.5, 0.6) is 0 Å². The van der Waals surface area contributed by atoms with Crippen LogP contribution in [-0.2, 0) is 0 Å². The van der Waals surface area contributed by atoms with Gasteiger partial charge < -0.3 is 15.6 Å². The molecule has 1 aliphatic carbocycles. The Morgan fingerprint density at radius 2 is 2.29 bits per heavy atom. The maximum absolute atomic E-state index is 11.7. The summed E-state index contributed by atoms with van der Waals surface area (Å²) in [6.07, 6.45) is 7.86. The highest BCUT2D eigenvalue weighted by Gasteiger charge is 2.28. The first kappa shape index (κ1) is 12.1. The monoisotopic (exact) mass is 236 g/mol. The molecule has 5 nitrogen and oxygen atoms in total. The van der Waals surface area contributed by atoms with E-state index >= 15 is 0 Å². The maximum Gasteiger partial charge on any atom is 0.290 e. The van der Waals surface area contributed by atoms with Gasteiger partial charge in [-0.05, 0) is 25.3 Å². The zero-order valence-corrected chi connectivity index (χ0v) is 10.2. The van der Waals surface area contributed by atoms with Gasteiger partial charge >= 0.3 is 0 Å². The normalized spacial score (nSPS) is 24.6. The van der Waals surface area contributed by atoms with E-state index in [-0.39, 0.29) is 5.56 Å². The second kappa shape index (κ2) is 5.31. The molecule has 0 amide bonds. The van der Waals surface area contributed by atoms with Gasteiger partial charge in [-0.2, -0.15) is 0 Å². The van der Waals surface area contributed by atoms with Crippen LogP contribution in [0.25, 0.3) is 0 Å². The van der Waals surface area contributed by atoms with E-state index in [1.54, 1.807) is 12.4 Å². The summed E-state index contributed by atoms with van der Waals surface area (Å²) in [4.78, 5) is 20.5. The van der Waals surface area contributed by atoms with Gasteiger partial charge in [0.15, 0.2) is 5.82 Å². The van der Waals surface area contributed by atoms with Crippen molar-refractivity contribution >= 4 is 5.82 Å². The number of hydrogen-bond donors (Lipinski definition) is 2. The first-order valence-electron chi connectivity index (χ1n) is 6.20. The Morgan fingerprint density at radius 3 is 3.00 bits per heavy atom. The van der Waals surface area contributed by atoms with E-state index in [9.17, 15) is 4.79 Å². The molecule has 1 fully saturated rings. The lowest BCUT2D eigenvalue weighted by Crippen LogP contribution is -2.45. The van der Waals surface area contributed by atoms with Gasteiger partial charge in [0.25, 0.3) is 5.56 Å². The molecular weight excluding hydrogens is 216 g/mol. The van der Waals surface area contributed by atoms with Crippen LogP contribution in [0.4, 0.5) is 5.82 Å². The van der Waals surface area contributed by atoms with Crippen LogP contribution in [0.3, 0.4) is 0 Å². The standard InChI is InChI=1S/C12H20N4O/c1-16(11-12(17)15-7-6-14-11)10-5-3-2-4-9(10)8-13/h6-7,9-10H,2-5,8,13H2,1H3,(H,15,17). The number of anilines is 1. The van der Waals surface area contributed by atoms with Crippen LogP contribution in [0.15, 0.2) is 17.2 Å². The molecule has 0 radical (unpaired) electrons. The molecule has 2 atom stereocenters. The molecule has 0 bridgehead atoms. The Labute approximate surface area is 101 Å². The highest BCUT2D eigenvalue weighted by molar-refractivity contribution is 5.35. The third kappa shape index (κ3) is 2.49. The Bertz CT molecular complexity index is 417. The molecule has 0 spiro atoms. The van der Waals surface area contributed by atoms with E-state index in [1.807, 2.05) is 11.9 Å². The lowest BCUT2D eigenvalue weighted by molar-refractivity contribution is 0.305. The topological polar surface area (TPSA) is 75.0 Å². The predicted octanol–water partition coefficient (Wildman–Crippen LogP) is 0.724. The second-order valence-corrected chi connectivity index (χ2v) is 4.70. The van der Waals surface area contributed by atoms with Crippen LogP contribution >= 0.6 is 0 Å². The molecule has 17 heavy (non-hydrogen) atoms. The molecule has 1 heterocycles. The van der Waals surface area contributed by atoms with Crippen molar-refractivity contribution in [2.45, 2.75) is 31.7 Å². The summed E-state index contributed by atoms with van der Waals surface area (Å²) < 4.78 is 0. The van der Waals surface area contributed by atoms with Crippen molar-refractivity contribution in [2.24, 2.45) is 11.7 Å². The fraction of sp³-hybridized carbons (Fsp3) is 0.667. The van der Waals surface area contributed by atoms with E-state index < -0.39 is 0 Å². The molecule has 1 aromatic heterocycles. The molecule has 94 valence electrons. The Kier molecular flexibility index (Phi) is 3.78. The highest BCUT2D eigenvalue weighted by Crippen LogP contribution is 2.28. The molecule has 1 aliphatic rings. The average molecular weight is 236 g/mol. The smallest absolute Gasteiger partial charge is 0.290 e. The van der Waals surface area contributed by atoms with E-state index in [2.05, 4.69) is 9.97 Å². The largest absolute Gasteiger partial charge is 0.352 e. The van der Waals surface area contributed by atoms with Crippen molar-refractivity contribution in [3.8, 4) is 0 Å². The van der Waals surface area contributed by atoms with Crippen LogP contribution in [0, 0.1) is 5.92 Å². The number of H-pyrrole nitrogens is 1. The molecule has 0 saturated heterocycles. The Hall–Kier alpha value is -1.36. The van der Waals surface area contributed by atoms with Crippen molar-refractivity contribution in [1.29, 1.82) is 0 Å². The van der Waals surface area contributed by atoms with Gasteiger partial charge in [-0.15, -0.1) is 0 Å². The van der Waals surface area contributed by atoms with Gasteiger partial charge in [0.1, 0.15) is 0 Å². The lowest BCUT2D eigenvalue weighted by Gasteiger charge is -2.37. The summed E-state index contributed by atoms with van der Waals surface area (Å²) in [6.45, 7) is 0.680. The van der Waals surface area contributed by atoms with E-state index in [1.165, 1.54) is 12.8 Å². The zero-order chi connectivity index (χ0) is 12.3. The number of nitrogens with two attached hydrogens (primary N) is 1. The van der Waals surface area contributed by atoms with Gasteiger partial charge in [0.2, 0.25) is 0 Å². The molecular formula is C12H20N4O. The highest BCUT2D eigenvalue weighted by atomic mass is 16.1. The van der Waals surface area contributed by atoms with Crippen molar-refractivity contribution < 1.29 is 0 Å². The van der Waals surface area contributed by atoms with Gasteiger partial charge in [-0.1, -0.05) is 12.8 Å². The van der Waals surface area contributed by atoms with Crippen LogP contribution in [-0.4, -0.2) is 29.6 Å². The molecule has 2 rings (SSSR count). The van der Waals surface area contributed by atoms with Crippen molar-refractivity contribution in [3.05, 3.63) is 22.7 Å². The average Bonchev–Trinajstić information content (AvgIpc) is 2.38. The van der Waals surface area contributed by atoms with Crippen molar-refractivity contribution in [2.75, 3.05) is 18.5 Å². The molecule has 0 aromatic carbocycles. The number of aromatic nitrogens is 2. The number of rotatable bonds is 3. The van der Waals surface area contributed by atoms with Crippen molar-refractivity contribution in [1.82, 2.24) is 9.97 Å². The van der Waals surface area contributed by atoms with E-state index in [0.717, 1.165) is 12.8 Å². The van der Waals surface area contributed by atoms with E-state index in [0.29, 0.717) is 24.3 Å². The first-order valence-corrected chi connectivity index (χ1v) is 6.20. The summed E-state index contributed by atoms with van der Waals surface area (Å²) in [6, 6.07) is 0.338. The summed E-state index contributed by atoms with van der Waals surface area (Å²) in [5.74, 6) is 0.966. The number of hydrogen-bond acceptors (Lipinski definition) is 4. The minimum absolute atomic E-state index is 0.128. The first-order chi connectivity index (χ1) is 8.24. The Morgan fingerprint density at radius 1 is 1.53 bits per heavy atom. The summed E-state index contributed by atoms with van der Waals surface area (Å²) in [7, 11) is 1.94. The minimum atomic E-state index is -0.128. The maximum atomic E-state index is 11.7. The van der Waals surface area contributed by atoms with Crippen LogP contribution < -0.4 is 16.2 Å². The second-order valence-electron chi connectivity index (χ2n) is 4.70. The SMILES string of the molecule is CN(c1ncc[nH]c1=O)C1CCCCC1CN. The van der Waals surface area contributed by atoms with Gasteiger partial charge in [-0.3, -0.25) is 4.79 Å². The number of nitrogens with one attached hydrogen (secondary N) is 1. The molecule has 2 unspecified atom stereocenters. The molecule has 5 heteroatoms. The summed E-state index contributed by atoms with van der Waals surface area (Å²) in [5, 5.41) is 0. The molecule has 1 aromatic rings. The fourth-order valence-corrected chi connectivity index (χ4v) is 2.73. The van der Waals surface area contributed by atoms with Crippen molar-refractivity contribution in [3.63, 3.8) is 0 Å². The lowest BCUT2D eigenvalue weighted by atomic mass is 9.84. The summed E-state index contributed by atoms with van der Waals surface area (Å²) >= 11 is 0. The van der Waals surface area contributed by atoms with Gasteiger partial charge in [0, 0.05) is 25.5 Å². The number of nitrogens with zero attached hydrogens (tertiary/aromatic N) is 2. The quantitative estimate of drug-likeness (QED) is 0.811. The van der Waals surface area contributed by atoms with Gasteiger partial charge in [-0.25, -0.2) is 4.98 Å². The predicted molar refractivity (Wildman–Crippen MR) is 68.1 cm³/mol. The fourth-order valence-electron chi connectivity index (χ4n) is 2.73. The van der Waals surface area contributed by atoms with Crippen LogP contribution in [0.2, 0.25) is 0 Å². The molecule has 1 saturated carbocycles. The summed E-state index contributed by atoms with van der Waals surface area (Å²) in [5.41, 5.74) is 5.69. The minimum Gasteiger partial charge on any atom is -0.352 e. The molecule has 0 aliphatic heterocycles.